The lowest BCUT2D eigenvalue weighted by Crippen LogP contribution is -2.32. The summed E-state index contributed by atoms with van der Waals surface area (Å²) in [6.07, 6.45) is 1.28. The van der Waals surface area contributed by atoms with E-state index in [-0.39, 0.29) is 5.75 Å². The van der Waals surface area contributed by atoms with Crippen molar-refractivity contribution in [3.63, 3.8) is 0 Å². The van der Waals surface area contributed by atoms with Crippen LogP contribution in [0.25, 0.3) is 0 Å². The third kappa shape index (κ3) is 6.75. The number of hydrogen-bond donors (Lipinski definition) is 2. The Morgan fingerprint density at radius 1 is 0.970 bits per heavy atom. The van der Waals surface area contributed by atoms with Gasteiger partial charge in [0.2, 0.25) is 0 Å². The van der Waals surface area contributed by atoms with Crippen molar-refractivity contribution < 1.29 is 23.9 Å². The highest BCUT2D eigenvalue weighted by Crippen LogP contribution is 2.23. The van der Waals surface area contributed by atoms with Gasteiger partial charge >= 0.3 is 17.8 Å². The number of ether oxygens (including phenoxy) is 2. The lowest BCUT2D eigenvalue weighted by molar-refractivity contribution is -0.136. The maximum Gasteiger partial charge on any atom is 0.343 e. The summed E-state index contributed by atoms with van der Waals surface area (Å²) in [5, 5.41) is 6.26. The van der Waals surface area contributed by atoms with Gasteiger partial charge in [-0.15, -0.1) is 0 Å². The van der Waals surface area contributed by atoms with Crippen molar-refractivity contribution in [2.24, 2.45) is 5.10 Å². The Labute approximate surface area is 198 Å². The number of rotatable bonds is 6. The van der Waals surface area contributed by atoms with Crippen LogP contribution in [0, 0.1) is 6.92 Å². The molecular weight excluding hydrogens is 490 g/mol. The van der Waals surface area contributed by atoms with Crippen LogP contribution < -0.4 is 20.2 Å². The SMILES string of the molecule is COc1cccc(NC(=O)C(=O)N/N=C\c2cc(Br)ccc2OC(=O)c2ccc(C)cc2)c1. The number of nitrogens with one attached hydrogen (secondary N) is 2. The first-order chi connectivity index (χ1) is 15.9. The summed E-state index contributed by atoms with van der Waals surface area (Å²) in [4.78, 5) is 36.6. The molecule has 0 bridgehead atoms. The number of halogens is 1. The standard InChI is InChI=1S/C24H20BrN3O5/c1-15-6-8-16(9-7-15)24(31)33-21-11-10-18(25)12-17(21)14-26-28-23(30)22(29)27-19-4-3-5-20(13-19)32-2/h3-14H,1-2H3,(H,27,29)(H,28,30)/b26-14-. The molecule has 3 aromatic rings. The van der Waals surface area contributed by atoms with E-state index in [1.54, 1.807) is 54.6 Å². The van der Waals surface area contributed by atoms with Gasteiger partial charge in [0.25, 0.3) is 0 Å². The van der Waals surface area contributed by atoms with Crippen LogP contribution in [-0.4, -0.2) is 31.1 Å². The quantitative estimate of drug-likeness (QED) is 0.171. The number of benzene rings is 3. The van der Waals surface area contributed by atoms with Crippen LogP contribution in [0.5, 0.6) is 11.5 Å². The average molecular weight is 510 g/mol. The topological polar surface area (TPSA) is 106 Å². The van der Waals surface area contributed by atoms with Crippen LogP contribution in [0.15, 0.2) is 76.3 Å². The number of anilines is 1. The molecule has 0 spiro atoms. The zero-order chi connectivity index (χ0) is 23.8. The molecule has 168 valence electrons. The highest BCUT2D eigenvalue weighted by atomic mass is 79.9. The molecular formula is C24H20BrN3O5. The highest BCUT2D eigenvalue weighted by molar-refractivity contribution is 9.10. The lowest BCUT2D eigenvalue weighted by atomic mass is 10.1. The zero-order valence-corrected chi connectivity index (χ0v) is 19.4. The van der Waals surface area contributed by atoms with Gasteiger partial charge in [0.15, 0.2) is 0 Å². The fourth-order valence-electron chi connectivity index (χ4n) is 2.66. The van der Waals surface area contributed by atoms with Crippen LogP contribution in [-0.2, 0) is 9.59 Å². The molecule has 33 heavy (non-hydrogen) atoms. The van der Waals surface area contributed by atoms with Crippen LogP contribution in [0.1, 0.15) is 21.5 Å². The number of carbonyl (C=O) groups is 3. The van der Waals surface area contributed by atoms with Gasteiger partial charge in [0.1, 0.15) is 11.5 Å². The third-order valence-electron chi connectivity index (χ3n) is 4.37. The van der Waals surface area contributed by atoms with E-state index in [4.69, 9.17) is 9.47 Å². The zero-order valence-electron chi connectivity index (χ0n) is 17.8. The third-order valence-corrected chi connectivity index (χ3v) is 4.86. The van der Waals surface area contributed by atoms with E-state index < -0.39 is 17.8 Å². The van der Waals surface area contributed by atoms with E-state index in [0.29, 0.717) is 27.0 Å². The van der Waals surface area contributed by atoms with E-state index in [0.717, 1.165) is 5.56 Å². The summed E-state index contributed by atoms with van der Waals surface area (Å²) in [5.41, 5.74) is 4.38. The van der Waals surface area contributed by atoms with Gasteiger partial charge in [-0.1, -0.05) is 39.7 Å². The van der Waals surface area contributed by atoms with Crippen LogP contribution in [0.2, 0.25) is 0 Å². The van der Waals surface area contributed by atoms with Gasteiger partial charge in [0, 0.05) is 21.8 Å². The molecule has 0 heterocycles. The molecule has 0 fully saturated rings. The first-order valence-corrected chi connectivity index (χ1v) is 10.5. The minimum atomic E-state index is -0.970. The normalized spacial score (nSPS) is 10.5. The largest absolute Gasteiger partial charge is 0.497 e. The Kier molecular flexibility index (Phi) is 7.93. The molecule has 3 aromatic carbocycles. The lowest BCUT2D eigenvalue weighted by Gasteiger charge is -2.08. The molecule has 0 atom stereocenters. The van der Waals surface area contributed by atoms with Crippen LogP contribution in [0.4, 0.5) is 5.69 Å². The molecule has 2 amide bonds. The molecule has 3 rings (SSSR count). The number of aryl methyl sites for hydroxylation is 1. The van der Waals surface area contributed by atoms with E-state index >= 15 is 0 Å². The van der Waals surface area contributed by atoms with E-state index in [2.05, 4.69) is 31.8 Å². The van der Waals surface area contributed by atoms with Crippen LogP contribution in [0.3, 0.4) is 0 Å². The molecule has 0 saturated carbocycles. The summed E-state index contributed by atoms with van der Waals surface area (Å²) in [5.74, 6) is -1.63. The number of carbonyl (C=O) groups excluding carboxylic acids is 3. The molecule has 0 radical (unpaired) electrons. The van der Waals surface area contributed by atoms with Crippen molar-refractivity contribution in [1.82, 2.24) is 5.43 Å². The van der Waals surface area contributed by atoms with E-state index in [1.807, 2.05) is 19.1 Å². The number of nitrogens with zero attached hydrogens (tertiary/aromatic N) is 1. The van der Waals surface area contributed by atoms with Gasteiger partial charge in [-0.05, 0) is 49.4 Å². The second-order valence-corrected chi connectivity index (χ2v) is 7.74. The summed E-state index contributed by atoms with van der Waals surface area (Å²) in [7, 11) is 1.50. The smallest absolute Gasteiger partial charge is 0.343 e. The summed E-state index contributed by atoms with van der Waals surface area (Å²) < 4.78 is 11.3. The van der Waals surface area contributed by atoms with Crippen molar-refractivity contribution >= 4 is 45.6 Å². The minimum absolute atomic E-state index is 0.239. The molecule has 0 aliphatic carbocycles. The maximum atomic E-state index is 12.4. The van der Waals surface area contributed by atoms with Crippen molar-refractivity contribution in [1.29, 1.82) is 0 Å². The number of esters is 1. The number of hydrazone groups is 1. The summed E-state index contributed by atoms with van der Waals surface area (Å²) >= 11 is 3.34. The molecule has 0 aliphatic rings. The maximum absolute atomic E-state index is 12.4. The van der Waals surface area contributed by atoms with Gasteiger partial charge in [-0.2, -0.15) is 5.10 Å². The molecule has 0 aliphatic heterocycles. The second kappa shape index (κ2) is 11.1. The molecule has 8 nitrogen and oxygen atoms in total. The number of hydrogen-bond acceptors (Lipinski definition) is 6. The minimum Gasteiger partial charge on any atom is -0.497 e. The predicted octanol–water partition coefficient (Wildman–Crippen LogP) is 4.07. The van der Waals surface area contributed by atoms with E-state index in [9.17, 15) is 14.4 Å². The summed E-state index contributed by atoms with van der Waals surface area (Å²) in [6.45, 7) is 1.92. The second-order valence-electron chi connectivity index (χ2n) is 6.82. The van der Waals surface area contributed by atoms with Gasteiger partial charge in [0.05, 0.1) is 18.9 Å². The first-order valence-electron chi connectivity index (χ1n) is 9.72. The first kappa shape index (κ1) is 23.7. The molecule has 2 N–H and O–H groups in total. The van der Waals surface area contributed by atoms with Crippen molar-refractivity contribution in [2.75, 3.05) is 12.4 Å². The summed E-state index contributed by atoms with van der Waals surface area (Å²) in [6, 6.07) is 18.5. The molecule has 0 unspecified atom stereocenters. The van der Waals surface area contributed by atoms with Crippen molar-refractivity contribution in [3.8, 4) is 11.5 Å². The Hall–Kier alpha value is -3.98. The number of methoxy groups -OCH3 is 1. The van der Waals surface area contributed by atoms with Gasteiger partial charge in [-0.25, -0.2) is 10.2 Å². The Bertz CT molecular complexity index is 1210. The van der Waals surface area contributed by atoms with Gasteiger partial charge in [-0.3, -0.25) is 9.59 Å². The Balaban J connectivity index is 1.65. The fraction of sp³-hybridized carbons (Fsp3) is 0.0833. The number of amides is 2. The average Bonchev–Trinajstić information content (AvgIpc) is 2.81. The van der Waals surface area contributed by atoms with E-state index in [1.165, 1.54) is 13.3 Å². The monoisotopic (exact) mass is 509 g/mol. The van der Waals surface area contributed by atoms with Gasteiger partial charge < -0.3 is 14.8 Å². The van der Waals surface area contributed by atoms with Crippen molar-refractivity contribution in [2.45, 2.75) is 6.92 Å². The van der Waals surface area contributed by atoms with Crippen molar-refractivity contribution in [3.05, 3.63) is 87.9 Å². The Morgan fingerprint density at radius 2 is 1.73 bits per heavy atom. The van der Waals surface area contributed by atoms with Crippen LogP contribution >= 0.6 is 15.9 Å². The fourth-order valence-corrected chi connectivity index (χ4v) is 3.04. The molecule has 0 saturated heterocycles. The molecule has 9 heteroatoms. The molecule has 0 aromatic heterocycles. The Morgan fingerprint density at radius 3 is 2.45 bits per heavy atom. The highest BCUT2D eigenvalue weighted by Gasteiger charge is 2.14. The predicted molar refractivity (Wildman–Crippen MR) is 128 cm³/mol.